The molecule has 0 aromatic heterocycles. The smallest absolute Gasteiger partial charge is 0.323 e. The molecule has 0 bridgehead atoms. The number of carboxylic acid groups (broad SMARTS) is 1. The highest BCUT2D eigenvalue weighted by Crippen LogP contribution is 2.16. The maximum absolute atomic E-state index is 11.4. The zero-order valence-electron chi connectivity index (χ0n) is 14.9. The number of nitrogens with zero attached hydrogens (tertiary/aromatic N) is 1. The molecule has 2 N–H and O–H groups in total. The van der Waals surface area contributed by atoms with E-state index in [4.69, 9.17) is 0 Å². The van der Waals surface area contributed by atoms with Gasteiger partial charge in [0, 0.05) is 12.6 Å². The Morgan fingerprint density at radius 3 is 2.29 bits per heavy atom. The molecular weight excluding hydrogens is 264 g/mol. The lowest BCUT2D eigenvalue weighted by Crippen LogP contribution is -2.49. The van der Waals surface area contributed by atoms with Crippen molar-refractivity contribution in [2.24, 2.45) is 5.92 Å². The van der Waals surface area contributed by atoms with Crippen LogP contribution in [-0.4, -0.2) is 47.2 Å². The fourth-order valence-corrected chi connectivity index (χ4v) is 2.49. The van der Waals surface area contributed by atoms with Gasteiger partial charge in [-0.15, -0.1) is 0 Å². The van der Waals surface area contributed by atoms with Gasteiger partial charge in [0.05, 0.1) is 0 Å². The first kappa shape index (κ1) is 20.4. The number of hydrogen-bond acceptors (Lipinski definition) is 3. The molecule has 4 nitrogen and oxygen atoms in total. The van der Waals surface area contributed by atoms with Gasteiger partial charge in [-0.1, -0.05) is 20.8 Å². The molecule has 0 aliphatic carbocycles. The summed E-state index contributed by atoms with van der Waals surface area (Å²) in [5.74, 6) is -0.0678. The second-order valence-electron chi connectivity index (χ2n) is 7.00. The molecule has 0 spiro atoms. The maximum atomic E-state index is 11.4. The molecule has 0 saturated carbocycles. The van der Waals surface area contributed by atoms with Gasteiger partial charge in [-0.2, -0.15) is 0 Å². The van der Waals surface area contributed by atoms with Crippen LogP contribution in [0.3, 0.4) is 0 Å². The van der Waals surface area contributed by atoms with Crippen molar-refractivity contribution >= 4 is 5.97 Å². The average molecular weight is 300 g/mol. The average Bonchev–Trinajstić information content (AvgIpc) is 2.39. The van der Waals surface area contributed by atoms with Gasteiger partial charge in [-0.3, -0.25) is 4.79 Å². The molecule has 0 fully saturated rings. The van der Waals surface area contributed by atoms with Gasteiger partial charge in [0.2, 0.25) is 0 Å². The summed E-state index contributed by atoms with van der Waals surface area (Å²) in [5.41, 5.74) is -0.781. The molecule has 0 heterocycles. The Bertz CT molecular complexity index is 293. The summed E-state index contributed by atoms with van der Waals surface area (Å²) in [6.07, 6.45) is 3.65. The van der Waals surface area contributed by atoms with E-state index < -0.39 is 11.5 Å². The molecule has 0 aliphatic rings. The summed E-state index contributed by atoms with van der Waals surface area (Å²) < 4.78 is 0. The molecular formula is C17H36N2O2. The summed E-state index contributed by atoms with van der Waals surface area (Å²) in [4.78, 5) is 13.9. The Hall–Kier alpha value is -0.610. The van der Waals surface area contributed by atoms with Crippen LogP contribution in [-0.2, 0) is 4.79 Å². The summed E-state index contributed by atoms with van der Waals surface area (Å²) in [5, 5.41) is 12.6. The van der Waals surface area contributed by atoms with Crippen molar-refractivity contribution in [2.75, 3.05) is 19.6 Å². The van der Waals surface area contributed by atoms with Crippen LogP contribution in [0, 0.1) is 5.92 Å². The van der Waals surface area contributed by atoms with Crippen molar-refractivity contribution in [2.45, 2.75) is 78.8 Å². The lowest BCUT2D eigenvalue weighted by molar-refractivity contribution is -0.144. The summed E-state index contributed by atoms with van der Waals surface area (Å²) in [6.45, 7) is 15.7. The van der Waals surface area contributed by atoms with E-state index in [1.807, 2.05) is 0 Å². The summed E-state index contributed by atoms with van der Waals surface area (Å²) in [7, 11) is 0. The number of aliphatic carboxylic acids is 1. The number of unbranched alkanes of at least 4 members (excludes halogenated alkanes) is 1. The van der Waals surface area contributed by atoms with Gasteiger partial charge in [-0.25, -0.2) is 0 Å². The predicted octanol–water partition coefficient (Wildman–Crippen LogP) is 3.37. The molecule has 1 unspecified atom stereocenters. The highest BCUT2D eigenvalue weighted by Gasteiger charge is 2.31. The third-order valence-electron chi connectivity index (χ3n) is 3.94. The van der Waals surface area contributed by atoms with Gasteiger partial charge < -0.3 is 15.3 Å². The molecule has 0 aromatic rings. The summed E-state index contributed by atoms with van der Waals surface area (Å²) in [6, 6.07) is 0.552. The van der Waals surface area contributed by atoms with Gasteiger partial charge in [0.1, 0.15) is 5.54 Å². The number of carboxylic acids is 1. The van der Waals surface area contributed by atoms with Crippen molar-refractivity contribution in [3.05, 3.63) is 0 Å². The van der Waals surface area contributed by atoms with E-state index in [0.29, 0.717) is 18.4 Å². The quantitative estimate of drug-likeness (QED) is 0.543. The van der Waals surface area contributed by atoms with Crippen LogP contribution in [0.25, 0.3) is 0 Å². The largest absolute Gasteiger partial charge is 0.480 e. The molecule has 126 valence electrons. The van der Waals surface area contributed by atoms with E-state index >= 15 is 0 Å². The van der Waals surface area contributed by atoms with Crippen molar-refractivity contribution < 1.29 is 9.90 Å². The van der Waals surface area contributed by atoms with E-state index in [-0.39, 0.29) is 0 Å². The Balaban J connectivity index is 4.22. The second kappa shape index (κ2) is 10.2. The fraction of sp³-hybridized carbons (Fsp3) is 0.941. The van der Waals surface area contributed by atoms with Gasteiger partial charge in [-0.05, 0) is 65.5 Å². The first-order valence-electron chi connectivity index (χ1n) is 8.45. The Morgan fingerprint density at radius 1 is 1.24 bits per heavy atom. The van der Waals surface area contributed by atoms with Crippen LogP contribution < -0.4 is 5.32 Å². The zero-order chi connectivity index (χ0) is 16.5. The third-order valence-corrected chi connectivity index (χ3v) is 3.94. The van der Waals surface area contributed by atoms with Crippen molar-refractivity contribution in [1.82, 2.24) is 10.2 Å². The molecule has 0 saturated heterocycles. The second-order valence-corrected chi connectivity index (χ2v) is 7.00. The normalized spacial score (nSPS) is 14.9. The lowest BCUT2D eigenvalue weighted by Gasteiger charge is -2.29. The molecule has 0 radical (unpaired) electrons. The highest BCUT2D eigenvalue weighted by molar-refractivity contribution is 5.78. The predicted molar refractivity (Wildman–Crippen MR) is 89.7 cm³/mol. The van der Waals surface area contributed by atoms with Crippen LogP contribution in [0.15, 0.2) is 0 Å². The minimum absolute atomic E-state index is 0.552. The van der Waals surface area contributed by atoms with Crippen LogP contribution in [0.1, 0.15) is 67.2 Å². The first-order valence-corrected chi connectivity index (χ1v) is 8.45. The van der Waals surface area contributed by atoms with E-state index in [0.717, 1.165) is 38.9 Å². The minimum atomic E-state index is -0.781. The Morgan fingerprint density at radius 2 is 1.86 bits per heavy atom. The first-order chi connectivity index (χ1) is 9.73. The SMILES string of the molecule is CCCNC(C)(CCCCN(CC(C)C)C(C)C)C(=O)O. The van der Waals surface area contributed by atoms with Gasteiger partial charge >= 0.3 is 5.97 Å². The van der Waals surface area contributed by atoms with E-state index in [1.54, 1.807) is 6.92 Å². The number of rotatable bonds is 12. The molecule has 21 heavy (non-hydrogen) atoms. The van der Waals surface area contributed by atoms with Crippen molar-refractivity contribution in [1.29, 1.82) is 0 Å². The Kier molecular flexibility index (Phi) is 9.88. The number of carbonyl (C=O) groups is 1. The van der Waals surface area contributed by atoms with Crippen LogP contribution in [0.5, 0.6) is 0 Å². The minimum Gasteiger partial charge on any atom is -0.480 e. The summed E-state index contributed by atoms with van der Waals surface area (Å²) >= 11 is 0. The third kappa shape index (κ3) is 8.42. The molecule has 0 amide bonds. The monoisotopic (exact) mass is 300 g/mol. The zero-order valence-corrected chi connectivity index (χ0v) is 14.9. The van der Waals surface area contributed by atoms with E-state index in [2.05, 4.69) is 44.8 Å². The molecule has 0 aromatic carbocycles. The lowest BCUT2D eigenvalue weighted by atomic mass is 9.94. The van der Waals surface area contributed by atoms with Gasteiger partial charge in [0.15, 0.2) is 0 Å². The Labute approximate surface area is 131 Å². The molecule has 0 rings (SSSR count). The maximum Gasteiger partial charge on any atom is 0.323 e. The van der Waals surface area contributed by atoms with Crippen LogP contribution in [0.2, 0.25) is 0 Å². The number of nitrogens with one attached hydrogen (secondary N) is 1. The standard InChI is InChI=1S/C17H36N2O2/c1-7-11-18-17(6,16(20)21)10-8-9-12-19(15(4)5)13-14(2)3/h14-15,18H,7-13H2,1-6H3,(H,20,21). The van der Waals surface area contributed by atoms with Crippen molar-refractivity contribution in [3.8, 4) is 0 Å². The molecule has 4 heteroatoms. The molecule has 1 atom stereocenters. The topological polar surface area (TPSA) is 52.6 Å². The highest BCUT2D eigenvalue weighted by atomic mass is 16.4. The molecule has 0 aliphatic heterocycles. The van der Waals surface area contributed by atoms with Crippen molar-refractivity contribution in [3.63, 3.8) is 0 Å². The number of hydrogen-bond donors (Lipinski definition) is 2. The van der Waals surface area contributed by atoms with Crippen LogP contribution >= 0.6 is 0 Å². The van der Waals surface area contributed by atoms with E-state index in [9.17, 15) is 9.90 Å². The van der Waals surface area contributed by atoms with Crippen LogP contribution in [0.4, 0.5) is 0 Å². The van der Waals surface area contributed by atoms with E-state index in [1.165, 1.54) is 0 Å². The van der Waals surface area contributed by atoms with Gasteiger partial charge in [0.25, 0.3) is 0 Å². The fourth-order valence-electron chi connectivity index (χ4n) is 2.49.